The normalized spacial score (nSPS) is 10.1. The van der Waals surface area contributed by atoms with Crippen LogP contribution in [0.1, 0.15) is 0 Å². The van der Waals surface area contributed by atoms with Gasteiger partial charge < -0.3 is 4.74 Å². The lowest BCUT2D eigenvalue weighted by Crippen LogP contribution is -1.98. The fourth-order valence-corrected chi connectivity index (χ4v) is 1.14. The average molecular weight is 208 g/mol. The summed E-state index contributed by atoms with van der Waals surface area (Å²) >= 11 is 3.94. The summed E-state index contributed by atoms with van der Waals surface area (Å²) in [5, 5.41) is 0. The molecular formula is C8H8N4OS. The van der Waals surface area contributed by atoms with E-state index in [1.807, 2.05) is 0 Å². The number of thiol groups is 1. The minimum Gasteiger partial charge on any atom is -0.467 e. The van der Waals surface area contributed by atoms with E-state index in [9.17, 15) is 0 Å². The van der Waals surface area contributed by atoms with Crippen molar-refractivity contribution in [1.82, 2.24) is 19.5 Å². The van der Waals surface area contributed by atoms with Crippen molar-refractivity contribution in [3.63, 3.8) is 0 Å². The highest BCUT2D eigenvalue weighted by Crippen LogP contribution is 2.10. The monoisotopic (exact) mass is 208 g/mol. The molecule has 0 saturated carbocycles. The molecule has 72 valence electrons. The molecule has 0 unspecified atom stereocenters. The second kappa shape index (κ2) is 4.10. The van der Waals surface area contributed by atoms with Gasteiger partial charge in [-0.05, 0) is 0 Å². The maximum absolute atomic E-state index is 5.12. The Morgan fingerprint density at radius 3 is 3.07 bits per heavy atom. The van der Waals surface area contributed by atoms with E-state index in [1.165, 1.54) is 6.33 Å². The van der Waals surface area contributed by atoms with Gasteiger partial charge in [-0.1, -0.05) is 0 Å². The molecule has 0 aliphatic heterocycles. The number of ether oxygens (including phenoxy) is 1. The van der Waals surface area contributed by atoms with Crippen LogP contribution in [0, 0.1) is 0 Å². The molecule has 2 aromatic rings. The summed E-state index contributed by atoms with van der Waals surface area (Å²) < 4.78 is 6.89. The lowest BCUT2D eigenvalue weighted by molar-refractivity contribution is 0.377. The van der Waals surface area contributed by atoms with Gasteiger partial charge in [0, 0.05) is 18.5 Å². The maximum Gasteiger partial charge on any atom is 0.219 e. The number of rotatable bonds is 3. The standard InChI is InChI=1S/C8H8N4OS/c14-6-13-8-3-7(10-4-11-8)12-2-1-9-5-12/h1-5,14H,6H2. The smallest absolute Gasteiger partial charge is 0.219 e. The van der Waals surface area contributed by atoms with Crippen LogP contribution in [-0.2, 0) is 0 Å². The summed E-state index contributed by atoms with van der Waals surface area (Å²) in [5.41, 5.74) is 0. The van der Waals surface area contributed by atoms with Crippen molar-refractivity contribution in [2.24, 2.45) is 0 Å². The van der Waals surface area contributed by atoms with Gasteiger partial charge in [-0.25, -0.2) is 15.0 Å². The highest BCUT2D eigenvalue weighted by Gasteiger charge is 2.00. The molecule has 0 radical (unpaired) electrons. The van der Waals surface area contributed by atoms with Crippen LogP contribution in [0.2, 0.25) is 0 Å². The predicted octanol–water partition coefficient (Wildman–Crippen LogP) is 0.928. The van der Waals surface area contributed by atoms with Gasteiger partial charge in [0.15, 0.2) is 0 Å². The highest BCUT2D eigenvalue weighted by atomic mass is 32.1. The first kappa shape index (κ1) is 9.01. The van der Waals surface area contributed by atoms with Crippen molar-refractivity contribution < 1.29 is 4.74 Å². The Morgan fingerprint density at radius 1 is 1.43 bits per heavy atom. The van der Waals surface area contributed by atoms with Crippen LogP contribution in [-0.4, -0.2) is 25.5 Å². The van der Waals surface area contributed by atoms with Crippen LogP contribution in [0.3, 0.4) is 0 Å². The van der Waals surface area contributed by atoms with Crippen molar-refractivity contribution in [3.05, 3.63) is 31.1 Å². The topological polar surface area (TPSA) is 52.8 Å². The Balaban J connectivity index is 2.31. The first-order valence-corrected chi connectivity index (χ1v) is 4.57. The number of aromatic nitrogens is 4. The van der Waals surface area contributed by atoms with Gasteiger partial charge >= 0.3 is 0 Å². The number of imidazole rings is 1. The quantitative estimate of drug-likeness (QED) is 0.602. The van der Waals surface area contributed by atoms with Crippen LogP contribution in [0.5, 0.6) is 5.88 Å². The summed E-state index contributed by atoms with van der Waals surface area (Å²) in [6.07, 6.45) is 6.58. The summed E-state index contributed by atoms with van der Waals surface area (Å²) in [7, 11) is 0. The maximum atomic E-state index is 5.12. The minimum atomic E-state index is 0.292. The molecule has 5 nitrogen and oxygen atoms in total. The Kier molecular flexibility index (Phi) is 2.64. The lowest BCUT2D eigenvalue weighted by atomic mass is 10.5. The fraction of sp³-hybridized carbons (Fsp3) is 0.125. The number of hydrogen-bond donors (Lipinski definition) is 1. The third-order valence-electron chi connectivity index (χ3n) is 1.61. The van der Waals surface area contributed by atoms with Crippen molar-refractivity contribution in [2.45, 2.75) is 0 Å². The van der Waals surface area contributed by atoms with Crippen LogP contribution in [0.15, 0.2) is 31.1 Å². The van der Waals surface area contributed by atoms with Crippen molar-refractivity contribution in [3.8, 4) is 11.7 Å². The predicted molar refractivity (Wildman–Crippen MR) is 53.6 cm³/mol. The molecule has 0 saturated heterocycles. The van der Waals surface area contributed by atoms with Gasteiger partial charge in [-0.2, -0.15) is 0 Å². The zero-order valence-electron chi connectivity index (χ0n) is 7.24. The van der Waals surface area contributed by atoms with Crippen molar-refractivity contribution in [1.29, 1.82) is 0 Å². The van der Waals surface area contributed by atoms with Gasteiger partial charge in [0.1, 0.15) is 24.4 Å². The zero-order valence-corrected chi connectivity index (χ0v) is 8.13. The van der Waals surface area contributed by atoms with Crippen molar-refractivity contribution in [2.75, 3.05) is 5.94 Å². The molecule has 0 spiro atoms. The second-order valence-electron chi connectivity index (χ2n) is 2.46. The number of hydrogen-bond acceptors (Lipinski definition) is 5. The Morgan fingerprint density at radius 2 is 2.36 bits per heavy atom. The largest absolute Gasteiger partial charge is 0.467 e. The SMILES string of the molecule is SCOc1cc(-n2ccnc2)ncn1. The van der Waals surface area contributed by atoms with Gasteiger partial charge in [0.25, 0.3) is 0 Å². The molecule has 0 amide bonds. The molecule has 0 N–H and O–H groups in total. The van der Waals surface area contributed by atoms with E-state index in [1.54, 1.807) is 29.4 Å². The summed E-state index contributed by atoms with van der Waals surface area (Å²) in [4.78, 5) is 11.9. The Hall–Kier alpha value is -1.56. The Bertz CT molecular complexity index is 403. The summed E-state index contributed by atoms with van der Waals surface area (Å²) in [5.74, 6) is 1.51. The first-order valence-electron chi connectivity index (χ1n) is 3.94. The van der Waals surface area contributed by atoms with E-state index in [4.69, 9.17) is 4.74 Å². The second-order valence-corrected chi connectivity index (χ2v) is 2.72. The van der Waals surface area contributed by atoms with Gasteiger partial charge in [0.05, 0.1) is 0 Å². The van der Waals surface area contributed by atoms with E-state index in [0.717, 1.165) is 0 Å². The van der Waals surface area contributed by atoms with Crippen molar-refractivity contribution >= 4 is 12.6 Å². The first-order chi connectivity index (χ1) is 6.90. The molecule has 0 aromatic carbocycles. The molecule has 0 aliphatic rings. The van der Waals surface area contributed by atoms with Gasteiger partial charge in [0.2, 0.25) is 5.88 Å². The van der Waals surface area contributed by atoms with Crippen LogP contribution in [0.4, 0.5) is 0 Å². The van der Waals surface area contributed by atoms with E-state index in [0.29, 0.717) is 17.6 Å². The third kappa shape index (κ3) is 1.85. The molecule has 2 aromatic heterocycles. The minimum absolute atomic E-state index is 0.292. The molecular weight excluding hydrogens is 200 g/mol. The molecule has 0 atom stereocenters. The summed E-state index contributed by atoms with van der Waals surface area (Å²) in [6.45, 7) is 0. The van der Waals surface area contributed by atoms with E-state index in [2.05, 4.69) is 27.6 Å². The third-order valence-corrected chi connectivity index (χ3v) is 1.74. The van der Waals surface area contributed by atoms with E-state index < -0.39 is 0 Å². The average Bonchev–Trinajstić information content (AvgIpc) is 2.71. The zero-order chi connectivity index (χ0) is 9.80. The van der Waals surface area contributed by atoms with Crippen LogP contribution >= 0.6 is 12.6 Å². The molecule has 0 fully saturated rings. The van der Waals surface area contributed by atoms with Gasteiger partial charge in [-0.15, -0.1) is 12.6 Å². The van der Waals surface area contributed by atoms with E-state index >= 15 is 0 Å². The molecule has 0 aliphatic carbocycles. The van der Waals surface area contributed by atoms with Crippen LogP contribution in [0.25, 0.3) is 5.82 Å². The van der Waals surface area contributed by atoms with Crippen LogP contribution < -0.4 is 4.74 Å². The molecule has 6 heteroatoms. The van der Waals surface area contributed by atoms with E-state index in [-0.39, 0.29) is 0 Å². The molecule has 2 heterocycles. The number of nitrogens with zero attached hydrogens (tertiary/aromatic N) is 4. The summed E-state index contributed by atoms with van der Waals surface area (Å²) in [6, 6.07) is 1.72. The highest BCUT2D eigenvalue weighted by molar-refractivity contribution is 7.80. The molecule has 14 heavy (non-hydrogen) atoms. The lowest BCUT2D eigenvalue weighted by Gasteiger charge is -2.03. The Labute approximate surface area is 86.2 Å². The van der Waals surface area contributed by atoms with Gasteiger partial charge in [-0.3, -0.25) is 4.57 Å². The fourth-order valence-electron chi connectivity index (χ4n) is 1.01. The molecule has 0 bridgehead atoms. The molecule has 2 rings (SSSR count).